The zero-order chi connectivity index (χ0) is 17.8. The minimum atomic E-state index is -0.744. The molecule has 0 bridgehead atoms. The molecule has 25 heavy (non-hydrogen) atoms. The number of rotatable bonds is 6. The molecule has 1 fully saturated rings. The summed E-state index contributed by atoms with van der Waals surface area (Å²) >= 11 is 0. The number of benzene rings is 2. The number of methoxy groups -OCH3 is 1. The van der Waals surface area contributed by atoms with Gasteiger partial charge < -0.3 is 19.5 Å². The molecule has 5 heteroatoms. The molecule has 0 amide bonds. The van der Waals surface area contributed by atoms with E-state index < -0.39 is 5.97 Å². The molecule has 0 spiro atoms. The van der Waals surface area contributed by atoms with Gasteiger partial charge >= 0.3 is 5.97 Å². The lowest BCUT2D eigenvalue weighted by atomic mass is 10.1. The third-order valence-corrected chi connectivity index (χ3v) is 4.57. The van der Waals surface area contributed by atoms with E-state index in [1.165, 1.54) is 0 Å². The van der Waals surface area contributed by atoms with E-state index in [-0.39, 0.29) is 12.5 Å². The van der Waals surface area contributed by atoms with Crippen LogP contribution in [0.15, 0.2) is 42.5 Å². The highest BCUT2D eigenvalue weighted by atomic mass is 16.5. The molecule has 1 saturated heterocycles. The van der Waals surface area contributed by atoms with Gasteiger partial charge in [-0.1, -0.05) is 0 Å². The Labute approximate surface area is 147 Å². The molecule has 1 aliphatic rings. The van der Waals surface area contributed by atoms with Crippen LogP contribution < -0.4 is 14.4 Å². The summed E-state index contributed by atoms with van der Waals surface area (Å²) in [5.41, 5.74) is 2.05. The third-order valence-electron chi connectivity index (χ3n) is 4.57. The van der Waals surface area contributed by atoms with Crippen molar-refractivity contribution in [2.24, 2.45) is 0 Å². The summed E-state index contributed by atoms with van der Waals surface area (Å²) < 4.78 is 11.2. The molecule has 0 aromatic heterocycles. The number of carboxylic acid groups (broad SMARTS) is 1. The second-order valence-electron chi connectivity index (χ2n) is 6.31. The van der Waals surface area contributed by atoms with Gasteiger partial charge in [0.05, 0.1) is 13.5 Å². The molecule has 5 nitrogen and oxygen atoms in total. The number of hydrogen-bond donors (Lipinski definition) is 1. The zero-order valence-corrected chi connectivity index (χ0v) is 14.6. The van der Waals surface area contributed by atoms with Crippen LogP contribution in [0.4, 0.5) is 5.69 Å². The first-order chi connectivity index (χ1) is 12.1. The molecular weight excluding hydrogens is 318 g/mol. The average Bonchev–Trinajstić information content (AvgIpc) is 3.04. The fourth-order valence-electron chi connectivity index (χ4n) is 3.29. The van der Waals surface area contributed by atoms with E-state index in [4.69, 9.17) is 14.6 Å². The van der Waals surface area contributed by atoms with Crippen LogP contribution in [-0.2, 0) is 4.79 Å². The molecule has 2 aromatic carbocycles. The maximum atomic E-state index is 11.0. The minimum absolute atomic E-state index is 0.0769. The van der Waals surface area contributed by atoms with E-state index in [9.17, 15) is 4.79 Å². The van der Waals surface area contributed by atoms with E-state index in [1.54, 1.807) is 7.11 Å². The molecule has 1 heterocycles. The molecule has 0 radical (unpaired) electrons. The number of aliphatic carboxylic acids is 1. The van der Waals surface area contributed by atoms with Gasteiger partial charge in [-0.3, -0.25) is 4.79 Å². The molecule has 0 aliphatic carbocycles. The van der Waals surface area contributed by atoms with E-state index in [2.05, 4.69) is 4.90 Å². The highest BCUT2D eigenvalue weighted by molar-refractivity contribution is 5.69. The van der Waals surface area contributed by atoms with Crippen molar-refractivity contribution >= 4 is 11.7 Å². The first-order valence-corrected chi connectivity index (χ1v) is 8.48. The first-order valence-electron chi connectivity index (χ1n) is 8.48. The summed E-state index contributed by atoms with van der Waals surface area (Å²) in [7, 11) is 1.64. The maximum absolute atomic E-state index is 11.0. The normalized spacial score (nSPS) is 16.7. The van der Waals surface area contributed by atoms with Crippen molar-refractivity contribution < 1.29 is 19.4 Å². The Morgan fingerprint density at radius 1 is 1.20 bits per heavy atom. The van der Waals surface area contributed by atoms with Gasteiger partial charge in [-0.05, 0) is 67.8 Å². The maximum Gasteiger partial charge on any atom is 0.305 e. The molecule has 0 saturated carbocycles. The van der Waals surface area contributed by atoms with Crippen LogP contribution >= 0.6 is 0 Å². The van der Waals surface area contributed by atoms with Crippen LogP contribution in [0.2, 0.25) is 0 Å². The Bertz CT molecular complexity index is 742. The quantitative estimate of drug-likeness (QED) is 0.851. The van der Waals surface area contributed by atoms with Crippen molar-refractivity contribution in [3.8, 4) is 17.2 Å². The standard InChI is InChI=1S/C20H23NO4/c1-14-12-18(24-2)9-10-19(14)25-17-7-5-15(6-8-17)21-11-3-4-16(21)13-20(22)23/h5-10,12,16H,3-4,11,13H2,1-2H3,(H,22,23). The molecule has 1 atom stereocenters. The lowest BCUT2D eigenvalue weighted by molar-refractivity contribution is -0.137. The summed E-state index contributed by atoms with van der Waals surface area (Å²) in [6.07, 6.45) is 2.14. The predicted molar refractivity (Wildman–Crippen MR) is 96.9 cm³/mol. The van der Waals surface area contributed by atoms with E-state index in [1.807, 2.05) is 49.4 Å². The third kappa shape index (κ3) is 4.05. The number of anilines is 1. The van der Waals surface area contributed by atoms with Crippen LogP contribution in [0, 0.1) is 6.92 Å². The fraction of sp³-hybridized carbons (Fsp3) is 0.350. The van der Waals surface area contributed by atoms with Crippen molar-refractivity contribution in [3.05, 3.63) is 48.0 Å². The van der Waals surface area contributed by atoms with Crippen LogP contribution in [0.5, 0.6) is 17.2 Å². The smallest absolute Gasteiger partial charge is 0.305 e. The van der Waals surface area contributed by atoms with E-state index >= 15 is 0 Å². The number of ether oxygens (including phenoxy) is 2. The summed E-state index contributed by atoms with van der Waals surface area (Å²) in [5.74, 6) is 1.61. The van der Waals surface area contributed by atoms with Crippen LogP contribution in [0.1, 0.15) is 24.8 Å². The highest BCUT2D eigenvalue weighted by Crippen LogP contribution is 2.32. The molecular formula is C20H23NO4. The largest absolute Gasteiger partial charge is 0.497 e. The molecule has 1 N–H and O–H groups in total. The second-order valence-corrected chi connectivity index (χ2v) is 6.31. The number of nitrogens with zero attached hydrogens (tertiary/aromatic N) is 1. The predicted octanol–water partition coefficient (Wildman–Crippen LogP) is 4.24. The molecule has 2 aromatic rings. The lowest BCUT2D eigenvalue weighted by Crippen LogP contribution is -2.31. The van der Waals surface area contributed by atoms with E-state index in [0.717, 1.165) is 47.9 Å². The Kier molecular flexibility index (Phi) is 5.12. The summed E-state index contributed by atoms with van der Waals surface area (Å²) in [6.45, 7) is 2.88. The van der Waals surface area contributed by atoms with Gasteiger partial charge in [-0.25, -0.2) is 0 Å². The molecule has 132 valence electrons. The van der Waals surface area contributed by atoms with Crippen LogP contribution in [0.25, 0.3) is 0 Å². The Hall–Kier alpha value is -2.69. The topological polar surface area (TPSA) is 59.0 Å². The minimum Gasteiger partial charge on any atom is -0.497 e. The zero-order valence-electron chi connectivity index (χ0n) is 14.6. The number of carbonyl (C=O) groups is 1. The Balaban J connectivity index is 1.71. The monoisotopic (exact) mass is 341 g/mol. The molecule has 3 rings (SSSR count). The second kappa shape index (κ2) is 7.47. The van der Waals surface area contributed by atoms with Crippen molar-refractivity contribution in [2.75, 3.05) is 18.6 Å². The Morgan fingerprint density at radius 3 is 2.56 bits per heavy atom. The average molecular weight is 341 g/mol. The van der Waals surface area contributed by atoms with Gasteiger partial charge in [0.25, 0.3) is 0 Å². The van der Waals surface area contributed by atoms with Crippen molar-refractivity contribution in [1.29, 1.82) is 0 Å². The van der Waals surface area contributed by atoms with Crippen LogP contribution in [-0.4, -0.2) is 30.8 Å². The summed E-state index contributed by atoms with van der Waals surface area (Å²) in [4.78, 5) is 13.2. The molecule has 1 unspecified atom stereocenters. The highest BCUT2D eigenvalue weighted by Gasteiger charge is 2.26. The van der Waals surface area contributed by atoms with E-state index in [0.29, 0.717) is 0 Å². The van der Waals surface area contributed by atoms with Crippen molar-refractivity contribution in [2.45, 2.75) is 32.2 Å². The van der Waals surface area contributed by atoms with Gasteiger partial charge in [-0.15, -0.1) is 0 Å². The van der Waals surface area contributed by atoms with Gasteiger partial charge in [0.2, 0.25) is 0 Å². The summed E-state index contributed by atoms with van der Waals surface area (Å²) in [5, 5.41) is 9.05. The van der Waals surface area contributed by atoms with Crippen molar-refractivity contribution in [1.82, 2.24) is 0 Å². The number of carboxylic acids is 1. The number of aryl methyl sites for hydroxylation is 1. The first kappa shape index (κ1) is 17.1. The Morgan fingerprint density at radius 2 is 1.92 bits per heavy atom. The van der Waals surface area contributed by atoms with Gasteiger partial charge in [0.15, 0.2) is 0 Å². The SMILES string of the molecule is COc1ccc(Oc2ccc(N3CCCC3CC(=O)O)cc2)c(C)c1. The van der Waals surface area contributed by atoms with Crippen LogP contribution in [0.3, 0.4) is 0 Å². The summed E-state index contributed by atoms with van der Waals surface area (Å²) in [6, 6.07) is 13.6. The van der Waals surface area contributed by atoms with Gasteiger partial charge in [-0.2, -0.15) is 0 Å². The van der Waals surface area contributed by atoms with Crippen molar-refractivity contribution in [3.63, 3.8) is 0 Å². The number of hydrogen-bond acceptors (Lipinski definition) is 4. The van der Waals surface area contributed by atoms with Gasteiger partial charge in [0, 0.05) is 18.3 Å². The lowest BCUT2D eigenvalue weighted by Gasteiger charge is -2.25. The molecule has 1 aliphatic heterocycles. The fourth-order valence-corrected chi connectivity index (χ4v) is 3.29. The van der Waals surface area contributed by atoms with Gasteiger partial charge in [0.1, 0.15) is 17.2 Å².